The van der Waals surface area contributed by atoms with Gasteiger partial charge in [0.1, 0.15) is 18.3 Å². The molecule has 3 rings (SSSR count). The molecule has 0 radical (unpaired) electrons. The molecule has 3 aromatic rings. The van der Waals surface area contributed by atoms with Crippen LogP contribution in [0.25, 0.3) is 0 Å². The highest BCUT2D eigenvalue weighted by atomic mass is 79.9. The lowest BCUT2D eigenvalue weighted by Gasteiger charge is -2.32. The number of aryl methyl sites for hydroxylation is 2. The van der Waals surface area contributed by atoms with Gasteiger partial charge in [-0.3, -0.25) is 13.9 Å². The molecule has 220 valence electrons. The molecular weight excluding hydrogens is 606 g/mol. The number of anilines is 1. The zero-order chi connectivity index (χ0) is 30.3. The van der Waals surface area contributed by atoms with Gasteiger partial charge in [0.05, 0.1) is 22.2 Å². The summed E-state index contributed by atoms with van der Waals surface area (Å²) in [5.74, 6) is -0.0942. The number of hydrogen-bond acceptors (Lipinski definition) is 5. The van der Waals surface area contributed by atoms with Gasteiger partial charge in [-0.2, -0.15) is 0 Å². The highest BCUT2D eigenvalue weighted by Crippen LogP contribution is 2.31. The first-order valence-corrected chi connectivity index (χ1v) is 15.6. The van der Waals surface area contributed by atoms with Crippen LogP contribution in [-0.4, -0.2) is 51.4 Å². The predicted octanol–water partition coefficient (Wildman–Crippen LogP) is 5.46. The second kappa shape index (κ2) is 14.0. The summed E-state index contributed by atoms with van der Waals surface area (Å²) in [7, 11) is -2.70. The minimum Gasteiger partial charge on any atom is -0.496 e. The minimum atomic E-state index is -4.19. The molecule has 0 unspecified atom stereocenters. The Morgan fingerprint density at radius 1 is 0.927 bits per heavy atom. The molecule has 1 atom stereocenters. The summed E-state index contributed by atoms with van der Waals surface area (Å²) in [5.41, 5.74) is 3.18. The third kappa shape index (κ3) is 8.33. The van der Waals surface area contributed by atoms with Crippen molar-refractivity contribution in [3.63, 3.8) is 0 Å². The highest BCUT2D eigenvalue weighted by molar-refractivity contribution is 9.10. The lowest BCUT2D eigenvalue weighted by atomic mass is 10.1. The van der Waals surface area contributed by atoms with Gasteiger partial charge in [0.2, 0.25) is 11.8 Å². The maximum atomic E-state index is 14.0. The van der Waals surface area contributed by atoms with E-state index in [2.05, 4.69) is 21.2 Å². The molecule has 0 aliphatic carbocycles. The third-order valence-electron chi connectivity index (χ3n) is 6.64. The zero-order valence-corrected chi connectivity index (χ0v) is 26.8. The summed E-state index contributed by atoms with van der Waals surface area (Å²) < 4.78 is 34.9. The molecule has 0 spiro atoms. The largest absolute Gasteiger partial charge is 0.496 e. The lowest BCUT2D eigenvalue weighted by molar-refractivity contribution is -0.139. The first kappa shape index (κ1) is 32.1. The number of amides is 2. The van der Waals surface area contributed by atoms with Crippen molar-refractivity contribution in [2.45, 2.75) is 52.1 Å². The van der Waals surface area contributed by atoms with Gasteiger partial charge < -0.3 is 15.0 Å². The number of carbonyl (C=O) groups is 2. The van der Waals surface area contributed by atoms with Crippen molar-refractivity contribution in [2.75, 3.05) is 24.5 Å². The van der Waals surface area contributed by atoms with E-state index in [9.17, 15) is 18.0 Å². The Morgan fingerprint density at radius 3 is 2.05 bits per heavy atom. The van der Waals surface area contributed by atoms with Crippen molar-refractivity contribution < 1.29 is 22.7 Å². The molecule has 0 aliphatic rings. The molecule has 0 saturated heterocycles. The molecule has 0 aliphatic heterocycles. The topological polar surface area (TPSA) is 96.0 Å². The maximum absolute atomic E-state index is 14.0. The first-order valence-electron chi connectivity index (χ1n) is 13.4. The Balaban J connectivity index is 2.03. The molecule has 41 heavy (non-hydrogen) atoms. The molecule has 0 bridgehead atoms. The number of rotatable bonds is 12. The molecule has 0 saturated carbocycles. The van der Waals surface area contributed by atoms with Crippen LogP contribution < -0.4 is 14.4 Å². The second-order valence-electron chi connectivity index (χ2n) is 10.5. The summed E-state index contributed by atoms with van der Waals surface area (Å²) >= 11 is 3.36. The average Bonchev–Trinajstić information content (AvgIpc) is 2.94. The minimum absolute atomic E-state index is 0.00800. The third-order valence-corrected chi connectivity index (χ3v) is 9.03. The first-order chi connectivity index (χ1) is 19.3. The lowest BCUT2D eigenvalue weighted by Crippen LogP contribution is -2.51. The van der Waals surface area contributed by atoms with E-state index in [0.29, 0.717) is 22.5 Å². The number of halogens is 1. The van der Waals surface area contributed by atoms with E-state index < -0.39 is 28.5 Å². The fourth-order valence-electron chi connectivity index (χ4n) is 4.10. The SMILES string of the molecule is COc1ccc(S(=O)(=O)N(CC(=O)N(Cc2ccc(C)cc2)[C@H](C)C(=O)NCC(C)C)c2ccc(C)cc2)cc1Br. The number of carbonyl (C=O) groups excluding carboxylic acids is 2. The van der Waals surface area contributed by atoms with Crippen molar-refractivity contribution in [2.24, 2.45) is 5.92 Å². The number of benzene rings is 3. The van der Waals surface area contributed by atoms with Crippen molar-refractivity contribution in [1.29, 1.82) is 0 Å². The summed E-state index contributed by atoms with van der Waals surface area (Å²) in [6, 6.07) is 18.2. The Hall–Kier alpha value is -3.37. The predicted molar refractivity (Wildman–Crippen MR) is 165 cm³/mol. The van der Waals surface area contributed by atoms with Gasteiger partial charge in [0.15, 0.2) is 0 Å². The molecule has 0 aromatic heterocycles. The van der Waals surface area contributed by atoms with Crippen LogP contribution in [0.15, 0.2) is 76.1 Å². The Labute approximate surface area is 251 Å². The van der Waals surface area contributed by atoms with Gasteiger partial charge >= 0.3 is 0 Å². The molecule has 0 fully saturated rings. The molecule has 1 N–H and O–H groups in total. The summed E-state index contributed by atoms with van der Waals surface area (Å²) in [5, 5.41) is 2.89. The van der Waals surface area contributed by atoms with Crippen LogP contribution in [-0.2, 0) is 26.2 Å². The molecular formula is C31H38BrN3O5S. The fraction of sp³-hybridized carbons (Fsp3) is 0.355. The van der Waals surface area contributed by atoms with E-state index in [4.69, 9.17) is 4.74 Å². The van der Waals surface area contributed by atoms with Crippen LogP contribution in [0.3, 0.4) is 0 Å². The van der Waals surface area contributed by atoms with E-state index in [1.807, 2.05) is 52.0 Å². The summed E-state index contributed by atoms with van der Waals surface area (Å²) in [4.78, 5) is 28.5. The quantitative estimate of drug-likeness (QED) is 0.283. The normalized spacial score (nSPS) is 12.1. The molecule has 2 amide bonds. The molecule has 10 heteroatoms. The van der Waals surface area contributed by atoms with E-state index in [-0.39, 0.29) is 23.3 Å². The van der Waals surface area contributed by atoms with Gasteiger partial charge in [-0.1, -0.05) is 61.4 Å². The van der Waals surface area contributed by atoms with Gasteiger partial charge in [-0.15, -0.1) is 0 Å². The van der Waals surface area contributed by atoms with Gasteiger partial charge in [0.25, 0.3) is 10.0 Å². The van der Waals surface area contributed by atoms with Gasteiger partial charge in [0, 0.05) is 13.1 Å². The smallest absolute Gasteiger partial charge is 0.264 e. The van der Waals surface area contributed by atoms with Crippen LogP contribution >= 0.6 is 15.9 Å². The Morgan fingerprint density at radius 2 is 1.51 bits per heavy atom. The Bertz CT molecular complexity index is 1460. The zero-order valence-electron chi connectivity index (χ0n) is 24.3. The number of ether oxygens (including phenoxy) is 1. The number of hydrogen-bond donors (Lipinski definition) is 1. The van der Waals surface area contributed by atoms with E-state index >= 15 is 0 Å². The van der Waals surface area contributed by atoms with Gasteiger partial charge in [-0.25, -0.2) is 8.42 Å². The maximum Gasteiger partial charge on any atom is 0.264 e. The monoisotopic (exact) mass is 643 g/mol. The average molecular weight is 645 g/mol. The number of sulfonamides is 1. The Kier molecular flexibility index (Phi) is 11.0. The van der Waals surface area contributed by atoms with Crippen molar-refractivity contribution in [3.05, 3.63) is 87.9 Å². The van der Waals surface area contributed by atoms with Crippen molar-refractivity contribution >= 4 is 43.5 Å². The molecule has 8 nitrogen and oxygen atoms in total. The molecule has 0 heterocycles. The van der Waals surface area contributed by atoms with E-state index in [1.165, 1.54) is 24.1 Å². The number of methoxy groups -OCH3 is 1. The van der Waals surface area contributed by atoms with Crippen LogP contribution in [0, 0.1) is 19.8 Å². The van der Waals surface area contributed by atoms with Gasteiger partial charge in [-0.05, 0) is 78.5 Å². The number of nitrogens with one attached hydrogen (secondary N) is 1. The summed E-state index contributed by atoms with van der Waals surface area (Å²) in [6.45, 7) is 9.61. The molecule has 3 aromatic carbocycles. The van der Waals surface area contributed by atoms with Crippen LogP contribution in [0.4, 0.5) is 5.69 Å². The van der Waals surface area contributed by atoms with Crippen LogP contribution in [0.1, 0.15) is 37.5 Å². The van der Waals surface area contributed by atoms with Crippen molar-refractivity contribution in [1.82, 2.24) is 10.2 Å². The van der Waals surface area contributed by atoms with E-state index in [1.54, 1.807) is 37.3 Å². The number of nitrogens with zero attached hydrogens (tertiary/aromatic N) is 2. The second-order valence-corrected chi connectivity index (χ2v) is 13.2. The highest BCUT2D eigenvalue weighted by Gasteiger charge is 2.33. The van der Waals surface area contributed by atoms with Crippen LogP contribution in [0.2, 0.25) is 0 Å². The summed E-state index contributed by atoms with van der Waals surface area (Å²) in [6.07, 6.45) is 0. The fourth-order valence-corrected chi connectivity index (χ4v) is 6.23. The standard InChI is InChI=1S/C31H38BrN3O5S/c1-21(2)18-33-31(37)24(5)34(19-25-11-7-22(3)8-12-25)30(36)20-35(26-13-9-23(4)10-14-26)41(38,39)27-15-16-29(40-6)28(32)17-27/h7-17,21,24H,18-20H2,1-6H3,(H,33,37)/t24-/m1/s1. The van der Waals surface area contributed by atoms with E-state index in [0.717, 1.165) is 21.0 Å². The van der Waals surface area contributed by atoms with Crippen LogP contribution in [0.5, 0.6) is 5.75 Å². The van der Waals surface area contributed by atoms with Crippen molar-refractivity contribution in [3.8, 4) is 5.75 Å².